The highest BCUT2D eigenvalue weighted by molar-refractivity contribution is 5.94. The molecule has 0 spiro atoms. The molecule has 0 aliphatic carbocycles. The monoisotopic (exact) mass is 312 g/mol. The van der Waals surface area contributed by atoms with Gasteiger partial charge in [-0.25, -0.2) is 14.4 Å². The van der Waals surface area contributed by atoms with E-state index in [9.17, 15) is 19.2 Å². The number of imide groups is 1. The van der Waals surface area contributed by atoms with Crippen LogP contribution >= 0.6 is 0 Å². The predicted molar refractivity (Wildman–Crippen MR) is 80.7 cm³/mol. The Morgan fingerprint density at radius 2 is 1.55 bits per heavy atom. The van der Waals surface area contributed by atoms with Crippen LogP contribution in [0.4, 0.5) is 15.4 Å². The fourth-order valence-corrected chi connectivity index (χ4v) is 1.84. The van der Waals surface area contributed by atoms with E-state index in [4.69, 9.17) is 0 Å². The van der Waals surface area contributed by atoms with E-state index in [0.717, 1.165) is 10.6 Å². The van der Waals surface area contributed by atoms with Gasteiger partial charge >= 0.3 is 17.8 Å². The van der Waals surface area contributed by atoms with Crippen LogP contribution in [-0.2, 0) is 13.1 Å². The van der Waals surface area contributed by atoms with Crippen molar-refractivity contribution in [2.45, 2.75) is 26.9 Å². The van der Waals surface area contributed by atoms with Gasteiger partial charge < -0.3 is 10.6 Å². The van der Waals surface area contributed by atoms with Gasteiger partial charge in [-0.1, -0.05) is 0 Å². The van der Waals surface area contributed by atoms with Crippen LogP contribution in [0.15, 0.2) is 15.7 Å². The summed E-state index contributed by atoms with van der Waals surface area (Å²) in [6.45, 7) is 3.88. The van der Waals surface area contributed by atoms with Gasteiger partial charge in [-0.3, -0.25) is 19.4 Å². The largest absolute Gasteiger partial charge is 0.344 e. The highest BCUT2D eigenvalue weighted by Gasteiger charge is 2.21. The highest BCUT2D eigenvalue weighted by Crippen LogP contribution is 2.04. The van der Waals surface area contributed by atoms with Crippen LogP contribution in [0.1, 0.15) is 13.8 Å². The van der Waals surface area contributed by atoms with Crippen molar-refractivity contribution in [1.82, 2.24) is 24.8 Å². The van der Waals surface area contributed by atoms with Gasteiger partial charge in [0.25, 0.3) is 5.56 Å². The van der Waals surface area contributed by atoms with Gasteiger partial charge in [0.2, 0.25) is 0 Å². The first-order valence-corrected chi connectivity index (χ1v) is 6.76. The maximum Gasteiger partial charge on any atom is 0.344 e. The second-order valence-electron chi connectivity index (χ2n) is 4.20. The third-order valence-corrected chi connectivity index (χ3v) is 2.97. The number of nitrogens with zero attached hydrogens (tertiary/aromatic N) is 3. The molecule has 10 heteroatoms. The molecule has 22 heavy (non-hydrogen) atoms. The Kier molecular flexibility index (Phi) is 5.72. The van der Waals surface area contributed by atoms with Crippen LogP contribution in [0.25, 0.3) is 0 Å². The fourth-order valence-electron chi connectivity index (χ4n) is 1.84. The number of hydrogen-bond donors (Lipinski definition) is 3. The van der Waals surface area contributed by atoms with Crippen LogP contribution in [-0.4, -0.2) is 40.3 Å². The molecule has 0 atom stereocenters. The number of nitrogens with one attached hydrogen (secondary N) is 3. The Hall–Kier alpha value is -2.78. The second-order valence-corrected chi connectivity index (χ2v) is 4.20. The minimum absolute atomic E-state index is 0.0504. The van der Waals surface area contributed by atoms with Crippen LogP contribution < -0.4 is 27.3 Å². The molecule has 1 rings (SSSR count). The number of amides is 4. The Morgan fingerprint density at radius 3 is 1.95 bits per heavy atom. The fraction of sp³-hybridized carbons (Fsp3) is 0.500. The maximum atomic E-state index is 12.2. The minimum Gasteiger partial charge on any atom is -0.339 e. The lowest BCUT2D eigenvalue weighted by atomic mass is 10.5. The summed E-state index contributed by atoms with van der Waals surface area (Å²) in [4.78, 5) is 47.6. The number of carbonyl (C=O) groups is 2. The molecular weight excluding hydrogens is 292 g/mol. The Labute approximate surface area is 126 Å². The lowest BCUT2D eigenvalue weighted by molar-refractivity contribution is 0.196. The second kappa shape index (κ2) is 7.29. The molecule has 3 N–H and O–H groups in total. The molecule has 4 amide bonds. The molecule has 0 radical (unpaired) electrons. The maximum absolute atomic E-state index is 12.2. The van der Waals surface area contributed by atoms with Crippen LogP contribution in [0.5, 0.6) is 0 Å². The Balaban J connectivity index is 3.37. The molecule has 0 fully saturated rings. The zero-order chi connectivity index (χ0) is 16.9. The first-order chi connectivity index (χ1) is 10.4. The van der Waals surface area contributed by atoms with E-state index in [1.54, 1.807) is 13.8 Å². The SMILES string of the molecule is CCn1c(NN(C(=O)NC)C(=O)NC)cc(=O)n(CC)c1=O. The molecule has 0 bridgehead atoms. The molecule has 0 saturated heterocycles. The molecule has 1 aromatic rings. The van der Waals surface area contributed by atoms with E-state index in [1.165, 1.54) is 18.7 Å². The summed E-state index contributed by atoms with van der Waals surface area (Å²) >= 11 is 0. The molecule has 1 heterocycles. The third kappa shape index (κ3) is 3.27. The van der Waals surface area contributed by atoms with Gasteiger partial charge in [-0.15, -0.1) is 0 Å². The van der Waals surface area contributed by atoms with E-state index in [1.807, 2.05) is 0 Å². The van der Waals surface area contributed by atoms with E-state index >= 15 is 0 Å². The summed E-state index contributed by atoms with van der Waals surface area (Å²) in [7, 11) is 2.70. The first-order valence-electron chi connectivity index (χ1n) is 6.76. The quantitative estimate of drug-likeness (QED) is 0.639. The van der Waals surface area contributed by atoms with Crippen molar-refractivity contribution in [3.05, 3.63) is 26.9 Å². The molecule has 0 unspecified atom stereocenters. The number of hydrazine groups is 1. The molecule has 0 aliphatic heterocycles. The summed E-state index contributed by atoms with van der Waals surface area (Å²) in [6, 6.07) is -0.323. The summed E-state index contributed by atoms with van der Waals surface area (Å²) in [5.41, 5.74) is 1.45. The van der Waals surface area contributed by atoms with Gasteiger partial charge in [0.1, 0.15) is 5.82 Å². The van der Waals surface area contributed by atoms with Crippen LogP contribution in [0.2, 0.25) is 0 Å². The van der Waals surface area contributed by atoms with Crippen molar-refractivity contribution < 1.29 is 9.59 Å². The molecular formula is C12H20N6O4. The normalized spacial score (nSPS) is 10.0. The van der Waals surface area contributed by atoms with Crippen molar-refractivity contribution >= 4 is 17.9 Å². The topological polar surface area (TPSA) is 117 Å². The van der Waals surface area contributed by atoms with E-state index in [2.05, 4.69) is 16.1 Å². The summed E-state index contributed by atoms with van der Waals surface area (Å²) in [5, 5.41) is 5.20. The van der Waals surface area contributed by atoms with Gasteiger partial charge in [0, 0.05) is 33.3 Å². The van der Waals surface area contributed by atoms with Crippen LogP contribution in [0, 0.1) is 0 Å². The van der Waals surface area contributed by atoms with E-state index in [0.29, 0.717) is 5.01 Å². The number of carbonyl (C=O) groups excluding carboxylic acids is 2. The van der Waals surface area contributed by atoms with Crippen molar-refractivity contribution in [3.8, 4) is 0 Å². The van der Waals surface area contributed by atoms with Gasteiger partial charge in [0.05, 0.1) is 0 Å². The smallest absolute Gasteiger partial charge is 0.339 e. The molecule has 1 aromatic heterocycles. The molecule has 0 aromatic carbocycles. The van der Waals surface area contributed by atoms with Crippen molar-refractivity contribution in [1.29, 1.82) is 0 Å². The number of anilines is 1. The molecule has 10 nitrogen and oxygen atoms in total. The highest BCUT2D eigenvalue weighted by atomic mass is 16.2. The molecule has 0 saturated carbocycles. The van der Waals surface area contributed by atoms with E-state index in [-0.39, 0.29) is 18.9 Å². The number of rotatable bonds is 4. The number of aromatic nitrogens is 2. The Morgan fingerprint density at radius 1 is 1.05 bits per heavy atom. The van der Waals surface area contributed by atoms with Crippen molar-refractivity contribution in [3.63, 3.8) is 0 Å². The Bertz CT molecular complexity index is 661. The standard InChI is InChI=1S/C12H20N6O4/c1-5-16-8(7-9(19)17(6-2)12(16)22)15-18(10(20)13-3)11(21)14-4/h7,15H,5-6H2,1-4H3,(H,13,20)(H,14,21). The lowest BCUT2D eigenvalue weighted by Crippen LogP contribution is -2.51. The summed E-state index contributed by atoms with van der Waals surface area (Å²) < 4.78 is 2.31. The molecule has 122 valence electrons. The van der Waals surface area contributed by atoms with Crippen molar-refractivity contribution in [2.24, 2.45) is 0 Å². The third-order valence-electron chi connectivity index (χ3n) is 2.97. The van der Waals surface area contributed by atoms with Crippen molar-refractivity contribution in [2.75, 3.05) is 19.5 Å². The minimum atomic E-state index is -0.742. The lowest BCUT2D eigenvalue weighted by Gasteiger charge is -2.23. The zero-order valence-corrected chi connectivity index (χ0v) is 13.0. The van der Waals surface area contributed by atoms with Gasteiger partial charge in [-0.2, -0.15) is 5.01 Å². The number of urea groups is 2. The van der Waals surface area contributed by atoms with E-state index < -0.39 is 23.3 Å². The first kappa shape index (κ1) is 17.3. The molecule has 0 aliphatic rings. The van der Waals surface area contributed by atoms with Gasteiger partial charge in [-0.05, 0) is 13.8 Å². The predicted octanol–water partition coefficient (Wildman–Crippen LogP) is -0.642. The number of hydrogen-bond acceptors (Lipinski definition) is 5. The summed E-state index contributed by atoms with van der Waals surface area (Å²) in [6.07, 6.45) is 0. The average molecular weight is 312 g/mol. The summed E-state index contributed by atoms with van der Waals surface area (Å²) in [5.74, 6) is 0.0504. The van der Waals surface area contributed by atoms with Gasteiger partial charge in [0.15, 0.2) is 0 Å². The zero-order valence-electron chi connectivity index (χ0n) is 13.0. The van der Waals surface area contributed by atoms with Crippen LogP contribution in [0.3, 0.4) is 0 Å². The average Bonchev–Trinajstić information content (AvgIpc) is 2.51.